The van der Waals surface area contributed by atoms with Crippen molar-refractivity contribution >= 4 is 34.4 Å². The van der Waals surface area contributed by atoms with Crippen molar-refractivity contribution in [1.82, 2.24) is 15.2 Å². The summed E-state index contributed by atoms with van der Waals surface area (Å²) in [5.74, 6) is 0.884. The molecule has 1 aliphatic carbocycles. The van der Waals surface area contributed by atoms with Gasteiger partial charge in [-0.15, -0.1) is 0 Å². The first-order valence-electron chi connectivity index (χ1n) is 12.8. The summed E-state index contributed by atoms with van der Waals surface area (Å²) in [6.07, 6.45) is 6.75. The molecule has 3 N–H and O–H groups in total. The van der Waals surface area contributed by atoms with Gasteiger partial charge < -0.3 is 24.6 Å². The standard InChI is InChI=1S/C28H36N4O2S/c1-3-32-18-20-12-13-35-31(2)24-15-21(16-25(32)27(20)24)28(34)30-23(14-19-8-5-4-6-9-19)26(33)17-29-22-10-7-11-22/h4-6,8-9,15-16,18,22-23,26,29,33H,3,7,10-14,17H2,1-2H3,(H,30,34)/t23-,26+/m0/s1. The summed E-state index contributed by atoms with van der Waals surface area (Å²) in [4.78, 5) is 13.6. The number of aryl methyl sites for hydroxylation is 2. The van der Waals surface area contributed by atoms with Crippen molar-refractivity contribution in [3.63, 3.8) is 0 Å². The van der Waals surface area contributed by atoms with Crippen LogP contribution in [0.15, 0.2) is 48.7 Å². The highest BCUT2D eigenvalue weighted by Gasteiger charge is 2.26. The van der Waals surface area contributed by atoms with E-state index in [0.717, 1.165) is 48.3 Å². The average molecular weight is 493 g/mol. The molecule has 1 aliphatic heterocycles. The molecular formula is C28H36N4O2S. The fourth-order valence-electron chi connectivity index (χ4n) is 5.13. The summed E-state index contributed by atoms with van der Waals surface area (Å²) in [6, 6.07) is 14.2. The Hall–Kier alpha value is -2.48. The first kappa shape index (κ1) is 24.2. The van der Waals surface area contributed by atoms with Crippen molar-refractivity contribution in [1.29, 1.82) is 0 Å². The molecule has 1 aromatic heterocycles. The zero-order valence-corrected chi connectivity index (χ0v) is 21.5. The lowest BCUT2D eigenvalue weighted by molar-refractivity contribution is 0.0816. The molecule has 1 saturated carbocycles. The largest absolute Gasteiger partial charge is 0.390 e. The summed E-state index contributed by atoms with van der Waals surface area (Å²) >= 11 is 1.79. The molecule has 0 bridgehead atoms. The minimum Gasteiger partial charge on any atom is -0.390 e. The number of hydrogen-bond acceptors (Lipinski definition) is 5. The maximum Gasteiger partial charge on any atom is 0.251 e. The van der Waals surface area contributed by atoms with Crippen LogP contribution in [0.1, 0.15) is 47.7 Å². The van der Waals surface area contributed by atoms with Crippen molar-refractivity contribution in [3.8, 4) is 0 Å². The smallest absolute Gasteiger partial charge is 0.251 e. The number of benzene rings is 2. The number of carbonyl (C=O) groups excluding carboxylic acids is 1. The van der Waals surface area contributed by atoms with Crippen molar-refractivity contribution in [3.05, 3.63) is 65.4 Å². The Morgan fingerprint density at radius 1 is 1.23 bits per heavy atom. The van der Waals surface area contributed by atoms with Crippen molar-refractivity contribution in [2.75, 3.05) is 23.7 Å². The van der Waals surface area contributed by atoms with Gasteiger partial charge >= 0.3 is 0 Å². The molecule has 7 heteroatoms. The molecule has 0 saturated heterocycles. The van der Waals surface area contributed by atoms with Crippen LogP contribution in [0, 0.1) is 0 Å². The van der Waals surface area contributed by atoms with Crippen molar-refractivity contribution in [2.45, 2.75) is 63.8 Å². The zero-order chi connectivity index (χ0) is 24.4. The predicted molar refractivity (Wildman–Crippen MR) is 145 cm³/mol. The third-order valence-corrected chi connectivity index (χ3v) is 8.41. The third-order valence-electron chi connectivity index (χ3n) is 7.44. The molecule has 1 amide bonds. The van der Waals surface area contributed by atoms with Gasteiger partial charge in [0.15, 0.2) is 0 Å². The minimum absolute atomic E-state index is 0.139. The number of aromatic nitrogens is 1. The van der Waals surface area contributed by atoms with Crippen LogP contribution in [0.3, 0.4) is 0 Å². The third kappa shape index (κ3) is 5.22. The highest BCUT2D eigenvalue weighted by atomic mass is 32.2. The molecule has 1 fully saturated rings. The highest BCUT2D eigenvalue weighted by Crippen LogP contribution is 2.38. The fraction of sp³-hybridized carbons (Fsp3) is 0.464. The summed E-state index contributed by atoms with van der Waals surface area (Å²) in [6.45, 7) is 3.48. The second kappa shape index (κ2) is 10.6. The molecule has 2 aromatic carbocycles. The molecule has 3 aromatic rings. The van der Waals surface area contributed by atoms with Crippen LogP contribution in [-0.4, -0.2) is 53.1 Å². The number of aliphatic hydroxyl groups excluding tert-OH is 1. The molecule has 35 heavy (non-hydrogen) atoms. The van der Waals surface area contributed by atoms with Crippen LogP contribution in [0.25, 0.3) is 10.9 Å². The molecule has 2 heterocycles. The Labute approximate surface area is 212 Å². The van der Waals surface area contributed by atoms with Crippen LogP contribution < -0.4 is 14.9 Å². The Balaban J connectivity index is 1.42. The normalized spacial score (nSPS) is 17.6. The molecule has 2 aliphatic rings. The molecule has 0 unspecified atom stereocenters. The summed E-state index contributed by atoms with van der Waals surface area (Å²) in [5, 5.41) is 19.0. The van der Waals surface area contributed by atoms with E-state index in [-0.39, 0.29) is 11.9 Å². The number of carbonyl (C=O) groups is 1. The van der Waals surface area contributed by atoms with E-state index in [0.29, 0.717) is 24.6 Å². The minimum atomic E-state index is -0.672. The number of amides is 1. The lowest BCUT2D eigenvalue weighted by Gasteiger charge is -2.30. The number of rotatable bonds is 9. The van der Waals surface area contributed by atoms with E-state index >= 15 is 0 Å². The lowest BCUT2D eigenvalue weighted by Crippen LogP contribution is -2.51. The van der Waals surface area contributed by atoms with Gasteiger partial charge in [-0.05, 0) is 67.8 Å². The molecule has 5 rings (SSSR count). The molecule has 6 nitrogen and oxygen atoms in total. The summed E-state index contributed by atoms with van der Waals surface area (Å²) in [5.41, 5.74) is 5.28. The number of aliphatic hydroxyl groups is 1. The maximum absolute atomic E-state index is 13.6. The van der Waals surface area contributed by atoms with Crippen LogP contribution >= 0.6 is 11.9 Å². The average Bonchev–Trinajstić information content (AvgIpc) is 3.11. The number of nitrogens with one attached hydrogen (secondary N) is 2. The molecule has 186 valence electrons. The predicted octanol–water partition coefficient (Wildman–Crippen LogP) is 4.15. The van der Waals surface area contributed by atoms with Crippen LogP contribution in [0.2, 0.25) is 0 Å². The van der Waals surface area contributed by atoms with Crippen molar-refractivity contribution in [2.24, 2.45) is 0 Å². The van der Waals surface area contributed by atoms with Gasteiger partial charge in [-0.1, -0.05) is 36.8 Å². The fourth-order valence-corrected chi connectivity index (χ4v) is 6.00. The van der Waals surface area contributed by atoms with E-state index in [9.17, 15) is 9.90 Å². The SMILES string of the molecule is CCn1cc2c3c(cc(C(=O)N[C@@H](Cc4ccccc4)[C@H](O)CNC4CCC4)cc31)N(C)SCC2. The van der Waals surface area contributed by atoms with Crippen LogP contribution in [0.5, 0.6) is 0 Å². The quantitative estimate of drug-likeness (QED) is 0.392. The van der Waals surface area contributed by atoms with Gasteiger partial charge in [0.1, 0.15) is 0 Å². The second-order valence-corrected chi connectivity index (χ2v) is 11.0. The van der Waals surface area contributed by atoms with Gasteiger partial charge in [-0.3, -0.25) is 4.79 Å². The second-order valence-electron chi connectivity index (χ2n) is 9.78. The van der Waals surface area contributed by atoms with E-state index in [1.54, 1.807) is 11.9 Å². The van der Waals surface area contributed by atoms with Gasteiger partial charge in [0.05, 0.1) is 23.3 Å². The first-order valence-corrected chi connectivity index (χ1v) is 13.8. The lowest BCUT2D eigenvalue weighted by atomic mass is 9.92. The van der Waals surface area contributed by atoms with E-state index in [2.05, 4.69) is 39.7 Å². The summed E-state index contributed by atoms with van der Waals surface area (Å²) in [7, 11) is 2.08. The Kier molecular flexibility index (Phi) is 7.37. The number of anilines is 1. The van der Waals surface area contributed by atoms with E-state index in [1.807, 2.05) is 42.5 Å². The molecule has 2 atom stereocenters. The van der Waals surface area contributed by atoms with Gasteiger partial charge in [-0.25, -0.2) is 0 Å². The van der Waals surface area contributed by atoms with Crippen LogP contribution in [0.4, 0.5) is 5.69 Å². The van der Waals surface area contributed by atoms with Gasteiger partial charge in [-0.2, -0.15) is 0 Å². The van der Waals surface area contributed by atoms with E-state index in [4.69, 9.17) is 0 Å². The topological polar surface area (TPSA) is 69.5 Å². The monoisotopic (exact) mass is 492 g/mol. The number of nitrogens with zero attached hydrogens (tertiary/aromatic N) is 2. The van der Waals surface area contributed by atoms with E-state index < -0.39 is 6.10 Å². The van der Waals surface area contributed by atoms with Gasteiger partial charge in [0.25, 0.3) is 5.91 Å². The van der Waals surface area contributed by atoms with Gasteiger partial charge in [0.2, 0.25) is 0 Å². The molecule has 0 spiro atoms. The highest BCUT2D eigenvalue weighted by molar-refractivity contribution is 8.00. The maximum atomic E-state index is 13.6. The Morgan fingerprint density at radius 3 is 2.74 bits per heavy atom. The zero-order valence-electron chi connectivity index (χ0n) is 20.7. The molecule has 0 radical (unpaired) electrons. The molecular weight excluding hydrogens is 456 g/mol. The summed E-state index contributed by atoms with van der Waals surface area (Å²) < 4.78 is 4.43. The van der Waals surface area contributed by atoms with E-state index in [1.165, 1.54) is 17.4 Å². The van der Waals surface area contributed by atoms with Crippen molar-refractivity contribution < 1.29 is 9.90 Å². The number of hydrogen-bond donors (Lipinski definition) is 3. The Bertz CT molecular complexity index is 1170. The Morgan fingerprint density at radius 2 is 2.03 bits per heavy atom. The van der Waals surface area contributed by atoms with Crippen LogP contribution in [-0.2, 0) is 19.4 Å². The first-order chi connectivity index (χ1) is 17.0. The van der Waals surface area contributed by atoms with Gasteiger partial charge in [0, 0.05) is 49.1 Å².